The molecule has 0 aliphatic carbocycles. The van der Waals surface area contributed by atoms with E-state index in [9.17, 15) is 13.2 Å². The number of hydrogen-bond acceptors (Lipinski definition) is 3. The first-order valence-electron chi connectivity index (χ1n) is 3.74. The van der Waals surface area contributed by atoms with Gasteiger partial charge >= 0.3 is 6.18 Å². The molecule has 80 valence electrons. The normalized spacial score (nSPS) is 11.7. The van der Waals surface area contributed by atoms with Crippen LogP contribution in [0.2, 0.25) is 0 Å². The molecule has 0 aliphatic heterocycles. The first-order chi connectivity index (χ1) is 7.04. The maximum atomic E-state index is 12.1. The first kappa shape index (κ1) is 11.5. The maximum Gasteiger partial charge on any atom is 0.434 e. The van der Waals surface area contributed by atoms with Crippen LogP contribution in [0.4, 0.5) is 13.2 Å². The van der Waals surface area contributed by atoms with Crippen molar-refractivity contribution >= 4 is 17.4 Å². The number of rotatable bonds is 3. The van der Waals surface area contributed by atoms with E-state index in [4.69, 9.17) is 5.53 Å². The molecule has 0 bridgehead atoms. The summed E-state index contributed by atoms with van der Waals surface area (Å²) in [5, 5.41) is 4.36. The molecule has 0 radical (unpaired) electrons. The summed E-state index contributed by atoms with van der Waals surface area (Å²) in [6.45, 7) is 0.0947. The summed E-state index contributed by atoms with van der Waals surface area (Å²) < 4.78 is 36.3. The molecule has 0 aliphatic rings. The minimum atomic E-state index is -4.41. The highest BCUT2D eigenvalue weighted by Crippen LogP contribution is 2.30. The summed E-state index contributed by atoms with van der Waals surface area (Å²) in [5.74, 6) is 0. The fourth-order valence-electron chi connectivity index (χ4n) is 0.732. The second-order valence-electron chi connectivity index (χ2n) is 2.38. The molecule has 0 atom stereocenters. The molecule has 0 saturated carbocycles. The van der Waals surface area contributed by atoms with E-state index in [0.717, 1.165) is 16.7 Å². The van der Waals surface area contributed by atoms with Crippen LogP contribution in [0.3, 0.4) is 0 Å². The summed E-state index contributed by atoms with van der Waals surface area (Å²) in [4.78, 5) is 5.84. The molecule has 0 unspecified atom stereocenters. The van der Waals surface area contributed by atoms with E-state index in [1.807, 2.05) is 0 Å². The Morgan fingerprint density at radius 2 is 2.33 bits per heavy atom. The summed E-state index contributed by atoms with van der Waals surface area (Å²) in [5.41, 5.74) is 7.03. The zero-order valence-corrected chi connectivity index (χ0v) is 8.09. The van der Waals surface area contributed by atoms with E-state index >= 15 is 0 Å². The molecule has 0 aromatic carbocycles. The molecule has 0 spiro atoms. The van der Waals surface area contributed by atoms with Gasteiger partial charge < -0.3 is 0 Å². The minimum Gasteiger partial charge on any atom is -0.232 e. The van der Waals surface area contributed by atoms with Crippen molar-refractivity contribution in [3.63, 3.8) is 0 Å². The van der Waals surface area contributed by atoms with Crippen LogP contribution in [-0.2, 0) is 6.18 Å². The number of halogens is 3. The van der Waals surface area contributed by atoms with E-state index < -0.39 is 11.9 Å². The van der Waals surface area contributed by atoms with Crippen LogP contribution >= 0.6 is 11.3 Å². The molecular weight excluding hydrogens is 229 g/mol. The maximum absolute atomic E-state index is 12.1. The van der Waals surface area contributed by atoms with Crippen molar-refractivity contribution in [2.75, 3.05) is 6.54 Å². The molecule has 0 saturated heterocycles. The van der Waals surface area contributed by atoms with Gasteiger partial charge in [0.25, 0.3) is 0 Å². The van der Waals surface area contributed by atoms with Gasteiger partial charge in [0, 0.05) is 16.8 Å². The zero-order chi connectivity index (χ0) is 11.3. The highest BCUT2D eigenvalue weighted by Gasteiger charge is 2.33. The molecule has 1 rings (SSSR count). The predicted octanol–water partition coefficient (Wildman–Crippen LogP) is 3.49. The smallest absolute Gasteiger partial charge is 0.232 e. The van der Waals surface area contributed by atoms with Gasteiger partial charge in [0.15, 0.2) is 5.69 Å². The molecule has 1 aromatic rings. The predicted molar refractivity (Wildman–Crippen MR) is 50.2 cm³/mol. The van der Waals surface area contributed by atoms with E-state index in [1.165, 1.54) is 12.2 Å². The molecule has 0 amide bonds. The van der Waals surface area contributed by atoms with Crippen molar-refractivity contribution in [2.45, 2.75) is 6.18 Å². The summed E-state index contributed by atoms with van der Waals surface area (Å²) >= 11 is 0.882. The second-order valence-corrected chi connectivity index (χ2v) is 3.27. The number of thiazole rings is 1. The van der Waals surface area contributed by atoms with Crippen molar-refractivity contribution in [3.8, 4) is 0 Å². The standard InChI is InChI=1S/C7H5F3N4S/c8-7(9,10)5-4-15-6(13-5)2-1-3-12-14-11/h1-2,4H,3H2. The van der Waals surface area contributed by atoms with Gasteiger partial charge in [0.05, 0.1) is 0 Å². The van der Waals surface area contributed by atoms with Crippen molar-refractivity contribution in [1.29, 1.82) is 0 Å². The average Bonchev–Trinajstić information content (AvgIpc) is 2.60. The number of aromatic nitrogens is 1. The summed E-state index contributed by atoms with van der Waals surface area (Å²) in [7, 11) is 0. The molecule has 4 nitrogen and oxygen atoms in total. The Kier molecular flexibility index (Phi) is 3.70. The van der Waals surface area contributed by atoms with E-state index in [2.05, 4.69) is 15.0 Å². The lowest BCUT2D eigenvalue weighted by atomic mass is 10.4. The highest BCUT2D eigenvalue weighted by atomic mass is 32.1. The average molecular weight is 234 g/mol. The lowest BCUT2D eigenvalue weighted by molar-refractivity contribution is -0.140. The van der Waals surface area contributed by atoms with Gasteiger partial charge in [0.2, 0.25) is 0 Å². The van der Waals surface area contributed by atoms with Crippen LogP contribution < -0.4 is 0 Å². The monoisotopic (exact) mass is 234 g/mol. The van der Waals surface area contributed by atoms with Gasteiger partial charge in [-0.3, -0.25) is 0 Å². The quantitative estimate of drug-likeness (QED) is 0.448. The Hall–Kier alpha value is -1.53. The molecular formula is C7H5F3N4S. The second kappa shape index (κ2) is 4.81. The fraction of sp³-hybridized carbons (Fsp3) is 0.286. The van der Waals surface area contributed by atoms with Crippen LogP contribution in [0.1, 0.15) is 10.7 Å². The third-order valence-corrected chi connectivity index (χ3v) is 2.13. The molecule has 0 fully saturated rings. The third kappa shape index (κ3) is 3.61. The van der Waals surface area contributed by atoms with Crippen LogP contribution in [0, 0.1) is 0 Å². The van der Waals surface area contributed by atoms with Crippen LogP contribution in [0.25, 0.3) is 16.5 Å². The third-order valence-electron chi connectivity index (χ3n) is 1.32. The molecule has 8 heteroatoms. The van der Waals surface area contributed by atoms with E-state index in [-0.39, 0.29) is 11.6 Å². The lowest BCUT2D eigenvalue weighted by Crippen LogP contribution is -2.04. The van der Waals surface area contributed by atoms with E-state index in [1.54, 1.807) is 0 Å². The molecule has 0 N–H and O–H groups in total. The van der Waals surface area contributed by atoms with Crippen LogP contribution in [0.5, 0.6) is 0 Å². The molecule has 1 aromatic heterocycles. The number of nitrogens with zero attached hydrogens (tertiary/aromatic N) is 4. The minimum absolute atomic E-state index is 0.0947. The first-order valence-corrected chi connectivity index (χ1v) is 4.62. The lowest BCUT2D eigenvalue weighted by Gasteiger charge is -1.98. The van der Waals surface area contributed by atoms with Gasteiger partial charge in [-0.25, -0.2) is 4.98 Å². The van der Waals surface area contributed by atoms with Crippen molar-refractivity contribution in [3.05, 3.63) is 32.6 Å². The summed E-state index contributed by atoms with van der Waals surface area (Å²) in [6, 6.07) is 0. The SMILES string of the molecule is [N-]=[N+]=NCC=Cc1nc(C(F)(F)F)cs1. The van der Waals surface area contributed by atoms with Gasteiger partial charge in [-0.1, -0.05) is 11.2 Å². The van der Waals surface area contributed by atoms with Crippen LogP contribution in [-0.4, -0.2) is 11.5 Å². The van der Waals surface area contributed by atoms with Gasteiger partial charge in [0.1, 0.15) is 5.01 Å². The van der Waals surface area contributed by atoms with Crippen molar-refractivity contribution in [2.24, 2.45) is 5.11 Å². The fourth-order valence-corrected chi connectivity index (χ4v) is 1.48. The Morgan fingerprint density at radius 3 is 2.87 bits per heavy atom. The number of azide groups is 1. The molecule has 15 heavy (non-hydrogen) atoms. The Labute approximate surface area is 86.7 Å². The zero-order valence-electron chi connectivity index (χ0n) is 7.27. The molecule has 1 heterocycles. The number of hydrogen-bond donors (Lipinski definition) is 0. The van der Waals surface area contributed by atoms with Crippen molar-refractivity contribution < 1.29 is 13.2 Å². The van der Waals surface area contributed by atoms with Gasteiger partial charge in [-0.15, -0.1) is 11.3 Å². The van der Waals surface area contributed by atoms with Gasteiger partial charge in [-0.05, 0) is 11.6 Å². The Morgan fingerprint density at radius 1 is 1.60 bits per heavy atom. The Balaban J connectivity index is 2.68. The summed E-state index contributed by atoms with van der Waals surface area (Å²) in [6.07, 6.45) is -1.58. The largest absolute Gasteiger partial charge is 0.434 e. The topological polar surface area (TPSA) is 61.7 Å². The van der Waals surface area contributed by atoms with E-state index in [0.29, 0.717) is 0 Å². The number of alkyl halides is 3. The highest BCUT2D eigenvalue weighted by molar-refractivity contribution is 7.10. The van der Waals surface area contributed by atoms with Crippen molar-refractivity contribution in [1.82, 2.24) is 4.98 Å². The Bertz CT molecular complexity index is 403. The van der Waals surface area contributed by atoms with Crippen LogP contribution in [0.15, 0.2) is 16.6 Å². The van der Waals surface area contributed by atoms with Gasteiger partial charge in [-0.2, -0.15) is 13.2 Å².